The van der Waals surface area contributed by atoms with Crippen molar-refractivity contribution in [1.29, 1.82) is 0 Å². The number of hydrogen-bond acceptors (Lipinski definition) is 3. The van der Waals surface area contributed by atoms with Gasteiger partial charge in [-0.1, -0.05) is 23.2 Å². The summed E-state index contributed by atoms with van der Waals surface area (Å²) in [6.07, 6.45) is 4.23. The Kier molecular flexibility index (Phi) is 5.09. The first-order valence-electron chi connectivity index (χ1n) is 6.28. The molecule has 0 spiro atoms. The molecule has 0 unspecified atom stereocenters. The third kappa shape index (κ3) is 4.95. The van der Waals surface area contributed by atoms with Gasteiger partial charge in [-0.25, -0.2) is 4.79 Å². The van der Waals surface area contributed by atoms with Gasteiger partial charge in [-0.3, -0.25) is 4.79 Å². The molecule has 1 aliphatic carbocycles. The van der Waals surface area contributed by atoms with Crippen molar-refractivity contribution in [2.75, 3.05) is 6.61 Å². The van der Waals surface area contributed by atoms with Crippen LogP contribution in [-0.4, -0.2) is 29.6 Å². The van der Waals surface area contributed by atoms with Gasteiger partial charge < -0.3 is 15.2 Å². The fourth-order valence-electron chi connectivity index (χ4n) is 1.65. The van der Waals surface area contributed by atoms with Crippen LogP contribution in [-0.2, 0) is 9.59 Å². The normalized spacial score (nSPS) is 14.2. The summed E-state index contributed by atoms with van der Waals surface area (Å²) in [6.45, 7) is -0.189. The van der Waals surface area contributed by atoms with Crippen LogP contribution in [0.4, 0.5) is 0 Å². The van der Waals surface area contributed by atoms with E-state index < -0.39 is 5.97 Å². The summed E-state index contributed by atoms with van der Waals surface area (Å²) in [6, 6.07) is 3.23. The summed E-state index contributed by atoms with van der Waals surface area (Å²) in [5, 5.41) is 12.0. The first-order valence-corrected chi connectivity index (χ1v) is 7.03. The van der Waals surface area contributed by atoms with Crippen LogP contribution in [0.3, 0.4) is 0 Å². The number of rotatable bonds is 6. The molecule has 7 heteroatoms. The lowest BCUT2D eigenvalue weighted by Crippen LogP contribution is -2.30. The highest BCUT2D eigenvalue weighted by molar-refractivity contribution is 6.36. The number of carbonyl (C=O) groups excluding carboxylic acids is 1. The van der Waals surface area contributed by atoms with Crippen LogP contribution in [0.15, 0.2) is 18.2 Å². The molecular formula is C14H13Cl2NO4. The summed E-state index contributed by atoms with van der Waals surface area (Å²) < 4.78 is 5.40. The topological polar surface area (TPSA) is 75.6 Å². The lowest BCUT2D eigenvalue weighted by atomic mass is 10.2. The van der Waals surface area contributed by atoms with Crippen molar-refractivity contribution in [2.45, 2.75) is 18.9 Å². The highest BCUT2D eigenvalue weighted by Gasteiger charge is 2.23. The number of amides is 1. The highest BCUT2D eigenvalue weighted by atomic mass is 35.5. The van der Waals surface area contributed by atoms with Crippen molar-refractivity contribution in [3.8, 4) is 5.75 Å². The maximum Gasteiger partial charge on any atom is 0.328 e. The van der Waals surface area contributed by atoms with Gasteiger partial charge in [-0.2, -0.15) is 0 Å². The van der Waals surface area contributed by atoms with E-state index >= 15 is 0 Å². The molecule has 1 fully saturated rings. The summed E-state index contributed by atoms with van der Waals surface area (Å²) in [4.78, 5) is 22.2. The van der Waals surface area contributed by atoms with Crippen LogP contribution in [0.25, 0.3) is 6.08 Å². The monoisotopic (exact) mass is 329 g/mol. The van der Waals surface area contributed by atoms with Gasteiger partial charge in [0.25, 0.3) is 5.91 Å². The van der Waals surface area contributed by atoms with E-state index in [1.54, 1.807) is 0 Å². The van der Waals surface area contributed by atoms with Crippen molar-refractivity contribution >= 4 is 41.2 Å². The molecule has 1 aromatic rings. The highest BCUT2D eigenvalue weighted by Crippen LogP contribution is 2.33. The molecule has 0 aromatic heterocycles. The largest absolute Gasteiger partial charge is 0.482 e. The number of carbonyl (C=O) groups is 2. The number of carboxylic acid groups (broad SMARTS) is 1. The molecule has 21 heavy (non-hydrogen) atoms. The third-order valence-electron chi connectivity index (χ3n) is 2.73. The summed E-state index contributed by atoms with van der Waals surface area (Å²) in [7, 11) is 0. The first kappa shape index (κ1) is 15.7. The van der Waals surface area contributed by atoms with Crippen LogP contribution < -0.4 is 10.1 Å². The van der Waals surface area contributed by atoms with Crippen molar-refractivity contribution in [3.05, 3.63) is 33.8 Å². The van der Waals surface area contributed by atoms with Gasteiger partial charge >= 0.3 is 5.97 Å². The van der Waals surface area contributed by atoms with Gasteiger partial charge in [-0.15, -0.1) is 0 Å². The molecule has 112 valence electrons. The number of hydrogen-bond donors (Lipinski definition) is 2. The van der Waals surface area contributed by atoms with Gasteiger partial charge in [0.15, 0.2) is 6.61 Å². The van der Waals surface area contributed by atoms with Crippen molar-refractivity contribution in [2.24, 2.45) is 0 Å². The summed E-state index contributed by atoms with van der Waals surface area (Å²) in [5.74, 6) is -1.12. The fourth-order valence-corrected chi connectivity index (χ4v) is 2.22. The average molecular weight is 330 g/mol. The Morgan fingerprint density at radius 1 is 1.38 bits per heavy atom. The zero-order chi connectivity index (χ0) is 15.4. The zero-order valence-corrected chi connectivity index (χ0v) is 12.4. The fraction of sp³-hybridized carbons (Fsp3) is 0.286. The lowest BCUT2D eigenvalue weighted by Gasteiger charge is -2.11. The second-order valence-electron chi connectivity index (χ2n) is 4.61. The third-order valence-corrected chi connectivity index (χ3v) is 3.23. The first-order chi connectivity index (χ1) is 9.95. The molecule has 5 nitrogen and oxygen atoms in total. The summed E-state index contributed by atoms with van der Waals surface area (Å²) in [5.41, 5.74) is 0.397. The molecule has 2 rings (SSSR count). The second-order valence-corrected chi connectivity index (χ2v) is 5.45. The maximum absolute atomic E-state index is 11.6. The van der Waals surface area contributed by atoms with Gasteiger partial charge in [0.05, 0.1) is 5.02 Å². The Morgan fingerprint density at radius 3 is 2.71 bits per heavy atom. The molecule has 1 saturated carbocycles. The van der Waals surface area contributed by atoms with Gasteiger partial charge in [0, 0.05) is 22.7 Å². The molecule has 0 heterocycles. The number of benzene rings is 1. The van der Waals surface area contributed by atoms with E-state index in [4.69, 9.17) is 33.0 Å². The predicted octanol–water partition coefficient (Wildman–Crippen LogP) is 2.75. The summed E-state index contributed by atoms with van der Waals surface area (Å²) >= 11 is 11.9. The smallest absolute Gasteiger partial charge is 0.328 e. The Morgan fingerprint density at radius 2 is 2.10 bits per heavy atom. The minimum absolute atomic E-state index is 0.189. The van der Waals surface area contributed by atoms with E-state index in [9.17, 15) is 9.59 Å². The molecule has 0 saturated heterocycles. The van der Waals surface area contributed by atoms with Crippen molar-refractivity contribution in [3.63, 3.8) is 0 Å². The minimum Gasteiger partial charge on any atom is -0.482 e. The SMILES string of the molecule is O=C(O)/C=C/c1cc(Cl)cc(Cl)c1OCC(=O)NC1CC1. The lowest BCUT2D eigenvalue weighted by molar-refractivity contribution is -0.131. The molecule has 1 aliphatic rings. The number of carboxylic acids is 1. The standard InChI is InChI=1S/C14H13Cl2NO4/c15-9-5-8(1-4-13(19)20)14(11(16)6-9)21-7-12(18)17-10-2-3-10/h1,4-6,10H,2-3,7H2,(H,17,18)(H,19,20)/b4-1+. The average Bonchev–Trinajstić information content (AvgIpc) is 3.18. The van der Waals surface area contributed by atoms with Gasteiger partial charge in [0.2, 0.25) is 0 Å². The van der Waals surface area contributed by atoms with E-state index in [0.29, 0.717) is 10.6 Å². The molecule has 0 bridgehead atoms. The minimum atomic E-state index is -1.11. The van der Waals surface area contributed by atoms with Gasteiger partial charge in [-0.05, 0) is 31.1 Å². The quantitative estimate of drug-likeness (QED) is 0.787. The van der Waals surface area contributed by atoms with E-state index in [1.165, 1.54) is 18.2 Å². The van der Waals surface area contributed by atoms with Crippen LogP contribution in [0.5, 0.6) is 5.75 Å². The molecule has 0 radical (unpaired) electrons. The van der Waals surface area contributed by atoms with Crippen molar-refractivity contribution < 1.29 is 19.4 Å². The molecule has 0 aliphatic heterocycles. The number of ether oxygens (including phenoxy) is 1. The van der Waals surface area contributed by atoms with E-state index in [0.717, 1.165) is 18.9 Å². The van der Waals surface area contributed by atoms with E-state index in [2.05, 4.69) is 5.32 Å². The second kappa shape index (κ2) is 6.83. The molecule has 0 atom stereocenters. The molecular weight excluding hydrogens is 317 g/mol. The molecule has 1 aromatic carbocycles. The Bertz CT molecular complexity index is 597. The molecule has 2 N–H and O–H groups in total. The maximum atomic E-state index is 11.6. The van der Waals surface area contributed by atoms with Crippen LogP contribution in [0.1, 0.15) is 18.4 Å². The Hall–Kier alpha value is -1.72. The zero-order valence-electron chi connectivity index (χ0n) is 10.9. The Labute approximate surface area is 131 Å². The Balaban J connectivity index is 2.11. The number of halogens is 2. The van der Waals surface area contributed by atoms with Gasteiger partial charge in [0.1, 0.15) is 5.75 Å². The van der Waals surface area contributed by atoms with E-state index in [-0.39, 0.29) is 29.3 Å². The molecule has 1 amide bonds. The number of nitrogens with one attached hydrogen (secondary N) is 1. The van der Waals surface area contributed by atoms with Crippen LogP contribution >= 0.6 is 23.2 Å². The predicted molar refractivity (Wildman–Crippen MR) is 79.8 cm³/mol. The van der Waals surface area contributed by atoms with Crippen LogP contribution in [0.2, 0.25) is 10.0 Å². The van der Waals surface area contributed by atoms with Crippen LogP contribution in [0, 0.1) is 0 Å². The van der Waals surface area contributed by atoms with E-state index in [1.807, 2.05) is 0 Å². The van der Waals surface area contributed by atoms with Crippen molar-refractivity contribution in [1.82, 2.24) is 5.32 Å². The number of aliphatic carboxylic acids is 1.